The molecule has 1 N–H and O–H groups in total. The Morgan fingerprint density at radius 1 is 1.18 bits per heavy atom. The Bertz CT molecular complexity index is 287. The summed E-state index contributed by atoms with van der Waals surface area (Å²) in [5.41, 5.74) is 0.988. The molecule has 1 aromatic rings. The van der Waals surface area contributed by atoms with Crippen LogP contribution in [0.1, 0.15) is 31.9 Å². The maximum Gasteiger partial charge on any atom is 0.111 e. The van der Waals surface area contributed by atoms with Gasteiger partial charge in [0.1, 0.15) is 12.2 Å². The molecule has 1 rings (SSSR count). The van der Waals surface area contributed by atoms with E-state index in [2.05, 4.69) is 0 Å². The van der Waals surface area contributed by atoms with Gasteiger partial charge in [-0.3, -0.25) is 0 Å². The van der Waals surface area contributed by atoms with Gasteiger partial charge >= 0.3 is 0 Å². The first-order valence-corrected chi connectivity index (χ1v) is 6.22. The first-order valence-electron chi connectivity index (χ1n) is 6.22. The molecule has 0 aliphatic carbocycles. The minimum atomic E-state index is -0.621. The summed E-state index contributed by atoms with van der Waals surface area (Å²) in [4.78, 5) is 0. The zero-order valence-corrected chi connectivity index (χ0v) is 10.6. The van der Waals surface area contributed by atoms with Gasteiger partial charge in [-0.05, 0) is 18.9 Å². The zero-order chi connectivity index (χ0) is 12.5. The van der Waals surface area contributed by atoms with Crippen molar-refractivity contribution in [2.24, 2.45) is 0 Å². The van der Waals surface area contributed by atoms with Crippen LogP contribution in [0.25, 0.3) is 0 Å². The van der Waals surface area contributed by atoms with Gasteiger partial charge in [-0.25, -0.2) is 0 Å². The number of aliphatic hydroxyl groups excluding tert-OH is 1. The second-order valence-electron chi connectivity index (χ2n) is 3.93. The first-order chi connectivity index (χ1) is 8.29. The van der Waals surface area contributed by atoms with Gasteiger partial charge in [-0.15, -0.1) is 0 Å². The van der Waals surface area contributed by atoms with Crippen molar-refractivity contribution in [2.75, 3.05) is 19.8 Å². The molecule has 1 aromatic carbocycles. The van der Waals surface area contributed by atoms with Crippen LogP contribution in [-0.2, 0) is 9.47 Å². The molecule has 0 bridgehead atoms. The van der Waals surface area contributed by atoms with Crippen molar-refractivity contribution in [3.05, 3.63) is 35.9 Å². The molecule has 0 saturated heterocycles. The topological polar surface area (TPSA) is 38.7 Å². The van der Waals surface area contributed by atoms with E-state index < -0.39 is 6.10 Å². The van der Waals surface area contributed by atoms with Crippen LogP contribution < -0.4 is 0 Å². The molecule has 2 atom stereocenters. The zero-order valence-electron chi connectivity index (χ0n) is 10.6. The standard InChI is InChI=1S/C14H22O3/c1-3-10-16-11-13(15)14(17-4-2)12-8-6-5-7-9-12/h5-9,13-15H,3-4,10-11H2,1-2H3. The highest BCUT2D eigenvalue weighted by Gasteiger charge is 2.21. The number of ether oxygens (including phenoxy) is 2. The lowest BCUT2D eigenvalue weighted by Crippen LogP contribution is -2.26. The lowest BCUT2D eigenvalue weighted by molar-refractivity contribution is -0.0709. The molecule has 96 valence electrons. The van der Waals surface area contributed by atoms with Crippen LogP contribution in [0.2, 0.25) is 0 Å². The molecule has 0 aromatic heterocycles. The van der Waals surface area contributed by atoms with E-state index in [0.717, 1.165) is 12.0 Å². The summed E-state index contributed by atoms with van der Waals surface area (Å²) >= 11 is 0. The second kappa shape index (κ2) is 8.23. The van der Waals surface area contributed by atoms with Crippen molar-refractivity contribution >= 4 is 0 Å². The van der Waals surface area contributed by atoms with E-state index in [1.165, 1.54) is 0 Å². The van der Waals surface area contributed by atoms with E-state index in [4.69, 9.17) is 9.47 Å². The molecular weight excluding hydrogens is 216 g/mol. The second-order valence-corrected chi connectivity index (χ2v) is 3.93. The molecule has 0 fully saturated rings. The van der Waals surface area contributed by atoms with Crippen molar-refractivity contribution < 1.29 is 14.6 Å². The summed E-state index contributed by atoms with van der Waals surface area (Å²) in [5.74, 6) is 0. The summed E-state index contributed by atoms with van der Waals surface area (Å²) in [6.07, 6.45) is 0.0270. The fourth-order valence-electron chi connectivity index (χ4n) is 1.69. The highest BCUT2D eigenvalue weighted by molar-refractivity contribution is 5.18. The Kier molecular flexibility index (Phi) is 6.86. The maximum atomic E-state index is 10.1. The number of aliphatic hydroxyl groups is 1. The number of hydrogen-bond donors (Lipinski definition) is 1. The number of benzene rings is 1. The Labute approximate surface area is 103 Å². The highest BCUT2D eigenvalue weighted by atomic mass is 16.5. The Balaban J connectivity index is 2.58. The average Bonchev–Trinajstić information content (AvgIpc) is 2.37. The van der Waals surface area contributed by atoms with Gasteiger partial charge in [0.2, 0.25) is 0 Å². The van der Waals surface area contributed by atoms with Crippen molar-refractivity contribution in [1.82, 2.24) is 0 Å². The van der Waals surface area contributed by atoms with Gasteiger partial charge in [0, 0.05) is 13.2 Å². The van der Waals surface area contributed by atoms with Gasteiger partial charge in [-0.1, -0.05) is 37.3 Å². The first kappa shape index (κ1) is 14.2. The van der Waals surface area contributed by atoms with E-state index in [-0.39, 0.29) is 6.10 Å². The maximum absolute atomic E-state index is 10.1. The molecule has 2 unspecified atom stereocenters. The fourth-order valence-corrected chi connectivity index (χ4v) is 1.69. The lowest BCUT2D eigenvalue weighted by atomic mass is 10.0. The van der Waals surface area contributed by atoms with Crippen molar-refractivity contribution in [3.63, 3.8) is 0 Å². The largest absolute Gasteiger partial charge is 0.388 e. The van der Waals surface area contributed by atoms with Crippen LogP contribution in [0, 0.1) is 0 Å². The van der Waals surface area contributed by atoms with Gasteiger partial charge < -0.3 is 14.6 Å². The highest BCUT2D eigenvalue weighted by Crippen LogP contribution is 2.21. The third-order valence-corrected chi connectivity index (χ3v) is 2.46. The summed E-state index contributed by atoms with van der Waals surface area (Å²) in [5, 5.41) is 10.1. The summed E-state index contributed by atoms with van der Waals surface area (Å²) in [6.45, 7) is 5.53. The molecule has 0 aliphatic rings. The molecule has 0 spiro atoms. The Hall–Kier alpha value is -0.900. The van der Waals surface area contributed by atoms with Crippen LogP contribution in [0.5, 0.6) is 0 Å². The predicted molar refractivity (Wildman–Crippen MR) is 67.9 cm³/mol. The minimum absolute atomic E-state index is 0.307. The van der Waals surface area contributed by atoms with Gasteiger partial charge in [0.05, 0.1) is 6.61 Å². The summed E-state index contributed by atoms with van der Waals surface area (Å²) in [7, 11) is 0. The van der Waals surface area contributed by atoms with Crippen molar-refractivity contribution in [1.29, 1.82) is 0 Å². The SMILES string of the molecule is CCCOCC(O)C(OCC)c1ccccc1. The summed E-state index contributed by atoms with van der Waals surface area (Å²) < 4.78 is 11.0. The van der Waals surface area contributed by atoms with Crippen molar-refractivity contribution in [3.8, 4) is 0 Å². The molecule has 0 aliphatic heterocycles. The fraction of sp³-hybridized carbons (Fsp3) is 0.571. The molecule has 17 heavy (non-hydrogen) atoms. The van der Waals surface area contributed by atoms with Crippen LogP contribution in [-0.4, -0.2) is 31.0 Å². The molecule has 0 amide bonds. The molecule has 0 saturated carbocycles. The average molecular weight is 238 g/mol. The normalized spacial score (nSPS) is 14.5. The number of rotatable bonds is 8. The van der Waals surface area contributed by atoms with Crippen LogP contribution >= 0.6 is 0 Å². The van der Waals surface area contributed by atoms with E-state index in [1.807, 2.05) is 44.2 Å². The Morgan fingerprint density at radius 2 is 1.88 bits per heavy atom. The number of hydrogen-bond acceptors (Lipinski definition) is 3. The monoisotopic (exact) mass is 238 g/mol. The van der Waals surface area contributed by atoms with Crippen LogP contribution in [0.15, 0.2) is 30.3 Å². The van der Waals surface area contributed by atoms with E-state index >= 15 is 0 Å². The molecule has 0 radical (unpaired) electrons. The van der Waals surface area contributed by atoms with E-state index in [1.54, 1.807) is 0 Å². The Morgan fingerprint density at radius 3 is 2.47 bits per heavy atom. The van der Waals surface area contributed by atoms with E-state index in [0.29, 0.717) is 19.8 Å². The third-order valence-electron chi connectivity index (χ3n) is 2.46. The third kappa shape index (κ3) is 4.86. The molecule has 3 nitrogen and oxygen atoms in total. The molecule has 0 heterocycles. The van der Waals surface area contributed by atoms with Crippen LogP contribution in [0.4, 0.5) is 0 Å². The van der Waals surface area contributed by atoms with Gasteiger partial charge in [0.25, 0.3) is 0 Å². The van der Waals surface area contributed by atoms with Crippen LogP contribution in [0.3, 0.4) is 0 Å². The van der Waals surface area contributed by atoms with Crippen molar-refractivity contribution in [2.45, 2.75) is 32.5 Å². The van der Waals surface area contributed by atoms with Gasteiger partial charge in [0.15, 0.2) is 0 Å². The molecule has 3 heteroatoms. The predicted octanol–water partition coefficient (Wildman–Crippen LogP) is 2.55. The van der Waals surface area contributed by atoms with E-state index in [9.17, 15) is 5.11 Å². The minimum Gasteiger partial charge on any atom is -0.388 e. The molecular formula is C14H22O3. The quantitative estimate of drug-likeness (QED) is 0.707. The smallest absolute Gasteiger partial charge is 0.111 e. The van der Waals surface area contributed by atoms with Gasteiger partial charge in [-0.2, -0.15) is 0 Å². The summed E-state index contributed by atoms with van der Waals surface area (Å²) in [6, 6.07) is 9.77. The lowest BCUT2D eigenvalue weighted by Gasteiger charge is -2.23.